The van der Waals surface area contributed by atoms with E-state index in [-0.39, 0.29) is 24.5 Å². The smallest absolute Gasteiger partial charge is 0.417 e. The minimum absolute atomic E-state index is 0.0324. The highest BCUT2D eigenvalue weighted by molar-refractivity contribution is 5.77. The number of carbonyl (C=O) groups is 1. The molecule has 0 aromatic carbocycles. The Balaban J connectivity index is 2.41. The van der Waals surface area contributed by atoms with E-state index in [4.69, 9.17) is 9.26 Å². The predicted octanol–water partition coefficient (Wildman–Crippen LogP) is 0.708. The SMILES string of the molecule is CCNC(=O)COc1nc(C(C)C)no1. The highest BCUT2D eigenvalue weighted by Crippen LogP contribution is 2.13. The summed E-state index contributed by atoms with van der Waals surface area (Å²) in [6.07, 6.45) is 0.0324. The third kappa shape index (κ3) is 3.57. The maximum Gasteiger partial charge on any atom is 0.417 e. The largest absolute Gasteiger partial charge is 0.439 e. The second kappa shape index (κ2) is 5.33. The third-order valence-electron chi connectivity index (χ3n) is 1.64. The van der Waals surface area contributed by atoms with Gasteiger partial charge in [0.1, 0.15) is 0 Å². The molecule has 0 fully saturated rings. The number of hydrogen-bond donors (Lipinski definition) is 1. The first kappa shape index (κ1) is 11.5. The van der Waals surface area contributed by atoms with Gasteiger partial charge in [-0.3, -0.25) is 9.32 Å². The summed E-state index contributed by atoms with van der Waals surface area (Å²) < 4.78 is 9.79. The van der Waals surface area contributed by atoms with Crippen LogP contribution in [0.2, 0.25) is 0 Å². The van der Waals surface area contributed by atoms with Crippen LogP contribution in [0.4, 0.5) is 0 Å². The Kier molecular flexibility index (Phi) is 4.08. The van der Waals surface area contributed by atoms with Gasteiger partial charge in [-0.15, -0.1) is 0 Å². The Morgan fingerprint density at radius 3 is 2.87 bits per heavy atom. The molecule has 1 amide bonds. The van der Waals surface area contributed by atoms with Crippen molar-refractivity contribution in [3.05, 3.63) is 5.82 Å². The van der Waals surface area contributed by atoms with Gasteiger partial charge in [-0.05, 0) is 6.92 Å². The van der Waals surface area contributed by atoms with Gasteiger partial charge in [0.05, 0.1) is 0 Å². The molecule has 84 valence electrons. The van der Waals surface area contributed by atoms with Crippen molar-refractivity contribution in [2.45, 2.75) is 26.7 Å². The maximum atomic E-state index is 11.0. The lowest BCUT2D eigenvalue weighted by Gasteiger charge is -2.00. The van der Waals surface area contributed by atoms with Crippen LogP contribution in [-0.2, 0) is 4.79 Å². The molecule has 15 heavy (non-hydrogen) atoms. The third-order valence-corrected chi connectivity index (χ3v) is 1.64. The summed E-state index contributed by atoms with van der Waals surface area (Å²) >= 11 is 0. The van der Waals surface area contributed by atoms with E-state index in [0.717, 1.165) is 0 Å². The number of aromatic nitrogens is 2. The van der Waals surface area contributed by atoms with Crippen LogP contribution >= 0.6 is 0 Å². The van der Waals surface area contributed by atoms with Crippen molar-refractivity contribution in [1.82, 2.24) is 15.5 Å². The molecule has 1 aromatic heterocycles. The second-order valence-electron chi connectivity index (χ2n) is 3.32. The summed E-state index contributed by atoms with van der Waals surface area (Å²) in [4.78, 5) is 15.0. The molecule has 0 atom stereocenters. The Morgan fingerprint density at radius 1 is 1.60 bits per heavy atom. The number of amides is 1. The van der Waals surface area contributed by atoms with Crippen LogP contribution in [-0.4, -0.2) is 29.2 Å². The van der Waals surface area contributed by atoms with E-state index in [1.807, 2.05) is 20.8 Å². The van der Waals surface area contributed by atoms with Gasteiger partial charge >= 0.3 is 6.08 Å². The molecule has 1 N–H and O–H groups in total. The number of nitrogens with zero attached hydrogens (tertiary/aromatic N) is 2. The van der Waals surface area contributed by atoms with Gasteiger partial charge in [0.15, 0.2) is 12.4 Å². The summed E-state index contributed by atoms with van der Waals surface area (Å²) in [6.45, 7) is 6.19. The first-order valence-electron chi connectivity index (χ1n) is 4.86. The number of nitrogens with one attached hydrogen (secondary N) is 1. The summed E-state index contributed by atoms with van der Waals surface area (Å²) in [6, 6.07) is 0. The highest BCUT2D eigenvalue weighted by Gasteiger charge is 2.11. The number of carbonyl (C=O) groups excluding carboxylic acids is 1. The Morgan fingerprint density at radius 2 is 2.33 bits per heavy atom. The number of ether oxygens (including phenoxy) is 1. The average Bonchev–Trinajstić information content (AvgIpc) is 2.63. The van der Waals surface area contributed by atoms with Crippen LogP contribution in [0.3, 0.4) is 0 Å². The molecular formula is C9H15N3O3. The molecule has 6 heteroatoms. The van der Waals surface area contributed by atoms with Crippen molar-refractivity contribution < 1.29 is 14.1 Å². The van der Waals surface area contributed by atoms with Gasteiger partial charge in [-0.1, -0.05) is 19.0 Å². The normalized spacial score (nSPS) is 10.4. The zero-order valence-corrected chi connectivity index (χ0v) is 9.11. The fraction of sp³-hybridized carbons (Fsp3) is 0.667. The average molecular weight is 213 g/mol. The van der Waals surface area contributed by atoms with E-state index in [9.17, 15) is 4.79 Å². The molecule has 0 bridgehead atoms. The van der Waals surface area contributed by atoms with Crippen LogP contribution in [0.25, 0.3) is 0 Å². The van der Waals surface area contributed by atoms with Gasteiger partial charge in [-0.25, -0.2) is 0 Å². The molecule has 6 nitrogen and oxygen atoms in total. The van der Waals surface area contributed by atoms with Gasteiger partial charge < -0.3 is 10.1 Å². The molecule has 0 radical (unpaired) electrons. The zero-order valence-electron chi connectivity index (χ0n) is 9.11. The van der Waals surface area contributed by atoms with Crippen molar-refractivity contribution in [1.29, 1.82) is 0 Å². The molecule has 0 unspecified atom stereocenters. The van der Waals surface area contributed by atoms with Gasteiger partial charge in [0.25, 0.3) is 5.91 Å². The van der Waals surface area contributed by atoms with E-state index < -0.39 is 0 Å². The van der Waals surface area contributed by atoms with Crippen LogP contribution in [0.15, 0.2) is 4.52 Å². The van der Waals surface area contributed by atoms with Crippen molar-refractivity contribution in [2.75, 3.05) is 13.2 Å². The Hall–Kier alpha value is -1.59. The summed E-state index contributed by atoms with van der Waals surface area (Å²) in [7, 11) is 0. The minimum atomic E-state index is -0.207. The van der Waals surface area contributed by atoms with Crippen molar-refractivity contribution >= 4 is 5.91 Å². The van der Waals surface area contributed by atoms with E-state index in [0.29, 0.717) is 12.4 Å². The first-order chi connectivity index (χ1) is 7.13. The number of hydrogen-bond acceptors (Lipinski definition) is 5. The topological polar surface area (TPSA) is 77.2 Å². The minimum Gasteiger partial charge on any atom is -0.439 e. The standard InChI is InChI=1S/C9H15N3O3/c1-4-10-7(13)5-14-9-11-8(6(2)3)12-15-9/h6H,4-5H2,1-3H3,(H,10,13). The van der Waals surface area contributed by atoms with Crippen molar-refractivity contribution in [3.63, 3.8) is 0 Å². The quantitative estimate of drug-likeness (QED) is 0.779. The molecule has 0 saturated heterocycles. The van der Waals surface area contributed by atoms with Crippen LogP contribution < -0.4 is 10.1 Å². The first-order valence-corrected chi connectivity index (χ1v) is 4.86. The molecule has 0 aliphatic carbocycles. The maximum absolute atomic E-state index is 11.0. The van der Waals surface area contributed by atoms with E-state index in [1.165, 1.54) is 0 Å². The van der Waals surface area contributed by atoms with Crippen molar-refractivity contribution in [3.8, 4) is 6.08 Å². The van der Waals surface area contributed by atoms with Crippen molar-refractivity contribution in [2.24, 2.45) is 0 Å². The van der Waals surface area contributed by atoms with E-state index in [2.05, 4.69) is 15.5 Å². The fourth-order valence-electron chi connectivity index (χ4n) is 0.889. The number of rotatable bonds is 5. The second-order valence-corrected chi connectivity index (χ2v) is 3.32. The molecule has 1 aromatic rings. The molecule has 0 saturated carbocycles. The Bertz CT molecular complexity index is 322. The summed E-state index contributed by atoms with van der Waals surface area (Å²) in [5, 5.41) is 6.29. The summed E-state index contributed by atoms with van der Waals surface area (Å²) in [5.41, 5.74) is 0. The van der Waals surface area contributed by atoms with Gasteiger partial charge in [0, 0.05) is 12.5 Å². The highest BCUT2D eigenvalue weighted by atomic mass is 16.6. The molecule has 1 rings (SSSR count). The molecule has 0 spiro atoms. The molecule has 0 aliphatic rings. The van der Waals surface area contributed by atoms with E-state index >= 15 is 0 Å². The summed E-state index contributed by atoms with van der Waals surface area (Å²) in [5.74, 6) is 0.540. The molecule has 0 aliphatic heterocycles. The Labute approximate surface area is 88.0 Å². The number of likely N-dealkylation sites (N-methyl/N-ethyl adjacent to an activating group) is 1. The van der Waals surface area contributed by atoms with Crippen LogP contribution in [0.5, 0.6) is 6.08 Å². The van der Waals surface area contributed by atoms with E-state index in [1.54, 1.807) is 0 Å². The lowest BCUT2D eigenvalue weighted by Crippen LogP contribution is -2.28. The lowest BCUT2D eigenvalue weighted by molar-refractivity contribution is -0.123. The molecular weight excluding hydrogens is 198 g/mol. The predicted molar refractivity (Wildman–Crippen MR) is 52.6 cm³/mol. The lowest BCUT2D eigenvalue weighted by atomic mass is 10.2. The van der Waals surface area contributed by atoms with Gasteiger partial charge in [-0.2, -0.15) is 4.98 Å². The molecule has 1 heterocycles. The van der Waals surface area contributed by atoms with Crippen LogP contribution in [0.1, 0.15) is 32.5 Å². The fourth-order valence-corrected chi connectivity index (χ4v) is 0.889. The zero-order chi connectivity index (χ0) is 11.3. The monoisotopic (exact) mass is 213 g/mol. The van der Waals surface area contributed by atoms with Gasteiger partial charge in [0.2, 0.25) is 0 Å². The van der Waals surface area contributed by atoms with Crippen LogP contribution in [0, 0.1) is 0 Å².